The van der Waals surface area contributed by atoms with Crippen LogP contribution in [0.3, 0.4) is 0 Å². The van der Waals surface area contributed by atoms with Crippen molar-refractivity contribution in [2.24, 2.45) is 22.6 Å². The van der Waals surface area contributed by atoms with Crippen LogP contribution in [-0.2, 0) is 0 Å². The SMILES string of the molecule is CC(C)CN=C(N)NCC1CCN(C2CC2)C1.I. The van der Waals surface area contributed by atoms with Gasteiger partial charge in [-0.05, 0) is 37.6 Å². The van der Waals surface area contributed by atoms with Gasteiger partial charge in [-0.25, -0.2) is 0 Å². The molecule has 0 aromatic heterocycles. The second-order valence-electron chi connectivity index (χ2n) is 5.88. The molecule has 0 spiro atoms. The molecule has 5 heteroatoms. The van der Waals surface area contributed by atoms with Gasteiger partial charge < -0.3 is 16.0 Å². The number of likely N-dealkylation sites (tertiary alicyclic amines) is 1. The molecule has 1 heterocycles. The van der Waals surface area contributed by atoms with Gasteiger partial charge in [0.25, 0.3) is 0 Å². The molecule has 3 N–H and O–H groups in total. The van der Waals surface area contributed by atoms with Crippen LogP contribution in [0.25, 0.3) is 0 Å². The Morgan fingerprint density at radius 1 is 1.39 bits per heavy atom. The highest BCUT2D eigenvalue weighted by Crippen LogP contribution is 2.31. The molecule has 0 aromatic rings. The quantitative estimate of drug-likeness (QED) is 0.442. The highest BCUT2D eigenvalue weighted by molar-refractivity contribution is 14.0. The van der Waals surface area contributed by atoms with E-state index in [1.807, 2.05) is 0 Å². The fourth-order valence-corrected chi connectivity index (χ4v) is 2.39. The van der Waals surface area contributed by atoms with E-state index in [0.29, 0.717) is 11.9 Å². The monoisotopic (exact) mass is 366 g/mol. The van der Waals surface area contributed by atoms with Crippen LogP contribution in [-0.4, -0.2) is 43.1 Å². The van der Waals surface area contributed by atoms with E-state index < -0.39 is 0 Å². The molecule has 1 unspecified atom stereocenters. The van der Waals surface area contributed by atoms with E-state index in [1.165, 1.54) is 32.4 Å². The van der Waals surface area contributed by atoms with Crippen LogP contribution in [0.15, 0.2) is 4.99 Å². The zero-order chi connectivity index (χ0) is 12.3. The molecule has 0 bridgehead atoms. The molecular formula is C13H27IN4. The number of rotatable bonds is 5. The fourth-order valence-electron chi connectivity index (χ4n) is 2.39. The Balaban J connectivity index is 0.00000162. The van der Waals surface area contributed by atoms with Gasteiger partial charge in [0.2, 0.25) is 0 Å². The lowest BCUT2D eigenvalue weighted by atomic mass is 10.1. The van der Waals surface area contributed by atoms with Crippen LogP contribution in [0.5, 0.6) is 0 Å². The number of nitrogens with zero attached hydrogens (tertiary/aromatic N) is 2. The summed E-state index contributed by atoms with van der Waals surface area (Å²) in [6, 6.07) is 0.909. The number of nitrogens with two attached hydrogens (primary N) is 1. The first kappa shape index (κ1) is 16.0. The highest BCUT2D eigenvalue weighted by atomic mass is 127. The smallest absolute Gasteiger partial charge is 0.188 e. The average molecular weight is 366 g/mol. The van der Waals surface area contributed by atoms with E-state index in [0.717, 1.165) is 25.0 Å². The van der Waals surface area contributed by atoms with Gasteiger partial charge in [-0.15, -0.1) is 24.0 Å². The summed E-state index contributed by atoms with van der Waals surface area (Å²) in [7, 11) is 0. The van der Waals surface area contributed by atoms with Crippen LogP contribution in [0.1, 0.15) is 33.1 Å². The number of halogens is 1. The zero-order valence-corrected chi connectivity index (χ0v) is 13.9. The molecule has 0 amide bonds. The van der Waals surface area contributed by atoms with Gasteiger partial charge in [-0.2, -0.15) is 0 Å². The Bertz CT molecular complexity index is 276. The number of aliphatic imine (C=N–C) groups is 1. The molecule has 18 heavy (non-hydrogen) atoms. The van der Waals surface area contributed by atoms with Gasteiger partial charge in [-0.3, -0.25) is 4.99 Å². The Labute approximate surface area is 128 Å². The van der Waals surface area contributed by atoms with E-state index in [1.54, 1.807) is 0 Å². The van der Waals surface area contributed by atoms with Crippen molar-refractivity contribution in [1.82, 2.24) is 10.2 Å². The summed E-state index contributed by atoms with van der Waals surface area (Å²) in [5.41, 5.74) is 5.83. The predicted molar refractivity (Wildman–Crippen MR) is 87.4 cm³/mol. The predicted octanol–water partition coefficient (Wildman–Crippen LogP) is 1.65. The van der Waals surface area contributed by atoms with Gasteiger partial charge in [-0.1, -0.05) is 13.8 Å². The first-order valence-electron chi connectivity index (χ1n) is 6.93. The lowest BCUT2D eigenvalue weighted by molar-refractivity contribution is 0.314. The number of guanidine groups is 1. The van der Waals surface area contributed by atoms with Crippen molar-refractivity contribution in [3.05, 3.63) is 0 Å². The summed E-state index contributed by atoms with van der Waals surface area (Å²) in [5.74, 6) is 1.94. The summed E-state index contributed by atoms with van der Waals surface area (Å²) in [6.07, 6.45) is 4.14. The zero-order valence-electron chi connectivity index (χ0n) is 11.6. The van der Waals surface area contributed by atoms with E-state index in [4.69, 9.17) is 5.73 Å². The van der Waals surface area contributed by atoms with Crippen molar-refractivity contribution in [2.45, 2.75) is 39.2 Å². The van der Waals surface area contributed by atoms with Gasteiger partial charge in [0, 0.05) is 25.7 Å². The van der Waals surface area contributed by atoms with Crippen molar-refractivity contribution < 1.29 is 0 Å². The van der Waals surface area contributed by atoms with Crippen molar-refractivity contribution in [3.63, 3.8) is 0 Å². The lowest BCUT2D eigenvalue weighted by Crippen LogP contribution is -2.36. The maximum Gasteiger partial charge on any atom is 0.188 e. The molecule has 1 saturated carbocycles. The summed E-state index contributed by atoms with van der Waals surface area (Å²) in [4.78, 5) is 6.95. The molecule has 2 fully saturated rings. The van der Waals surface area contributed by atoms with Crippen molar-refractivity contribution in [3.8, 4) is 0 Å². The summed E-state index contributed by atoms with van der Waals surface area (Å²) < 4.78 is 0. The van der Waals surface area contributed by atoms with Gasteiger partial charge in [0.05, 0.1) is 0 Å². The summed E-state index contributed by atoms with van der Waals surface area (Å²) in [6.45, 7) is 8.63. The van der Waals surface area contributed by atoms with E-state index >= 15 is 0 Å². The van der Waals surface area contributed by atoms with Crippen molar-refractivity contribution in [1.29, 1.82) is 0 Å². The number of hydrogen-bond acceptors (Lipinski definition) is 2. The average Bonchev–Trinajstić information content (AvgIpc) is 3.04. The van der Waals surface area contributed by atoms with Crippen LogP contribution >= 0.6 is 24.0 Å². The largest absolute Gasteiger partial charge is 0.370 e. The molecule has 106 valence electrons. The van der Waals surface area contributed by atoms with E-state index in [-0.39, 0.29) is 24.0 Å². The molecule has 4 nitrogen and oxygen atoms in total. The minimum atomic E-state index is 0. The lowest BCUT2D eigenvalue weighted by Gasteiger charge is -2.15. The summed E-state index contributed by atoms with van der Waals surface area (Å²) in [5, 5.41) is 3.26. The van der Waals surface area contributed by atoms with Gasteiger partial charge in [0.1, 0.15) is 0 Å². The molecule has 1 atom stereocenters. The molecule has 1 saturated heterocycles. The second kappa shape index (κ2) is 7.53. The van der Waals surface area contributed by atoms with Crippen LogP contribution in [0.2, 0.25) is 0 Å². The molecule has 1 aliphatic carbocycles. The van der Waals surface area contributed by atoms with Crippen LogP contribution in [0.4, 0.5) is 0 Å². The third-order valence-corrected chi connectivity index (χ3v) is 3.58. The van der Waals surface area contributed by atoms with Crippen molar-refractivity contribution >= 4 is 29.9 Å². The molecule has 0 radical (unpaired) electrons. The normalized spacial score (nSPS) is 25.3. The Kier molecular flexibility index (Phi) is 6.70. The summed E-state index contributed by atoms with van der Waals surface area (Å²) >= 11 is 0. The van der Waals surface area contributed by atoms with E-state index in [2.05, 4.69) is 29.1 Å². The first-order valence-corrected chi connectivity index (χ1v) is 6.93. The standard InChI is InChI=1S/C13H26N4.HI/c1-10(2)7-15-13(14)16-8-11-5-6-17(9-11)12-3-4-12;/h10-12H,3-9H2,1-2H3,(H3,14,15,16);1H. The number of hydrogen-bond donors (Lipinski definition) is 2. The maximum atomic E-state index is 5.83. The Morgan fingerprint density at radius 2 is 2.11 bits per heavy atom. The van der Waals surface area contributed by atoms with Crippen molar-refractivity contribution in [2.75, 3.05) is 26.2 Å². The topological polar surface area (TPSA) is 53.6 Å². The van der Waals surface area contributed by atoms with Gasteiger partial charge >= 0.3 is 0 Å². The maximum absolute atomic E-state index is 5.83. The third-order valence-electron chi connectivity index (χ3n) is 3.58. The molecule has 2 aliphatic rings. The second-order valence-corrected chi connectivity index (χ2v) is 5.88. The Hall–Kier alpha value is -0.0400. The molecule has 0 aromatic carbocycles. The van der Waals surface area contributed by atoms with Crippen LogP contribution in [0, 0.1) is 11.8 Å². The molecular weight excluding hydrogens is 339 g/mol. The molecule has 1 aliphatic heterocycles. The van der Waals surface area contributed by atoms with Gasteiger partial charge in [0.15, 0.2) is 5.96 Å². The number of nitrogens with one attached hydrogen (secondary N) is 1. The fraction of sp³-hybridized carbons (Fsp3) is 0.923. The van der Waals surface area contributed by atoms with E-state index in [9.17, 15) is 0 Å². The minimum absolute atomic E-state index is 0. The first-order chi connectivity index (χ1) is 8.15. The van der Waals surface area contributed by atoms with Crippen LogP contribution < -0.4 is 11.1 Å². The molecule has 2 rings (SSSR count). The Morgan fingerprint density at radius 3 is 2.72 bits per heavy atom. The highest BCUT2D eigenvalue weighted by Gasteiger charge is 2.34. The minimum Gasteiger partial charge on any atom is -0.370 e. The third kappa shape index (κ3) is 5.30.